The summed E-state index contributed by atoms with van der Waals surface area (Å²) in [7, 11) is 0. The molecule has 0 aliphatic rings. The van der Waals surface area contributed by atoms with Crippen molar-refractivity contribution in [2.45, 2.75) is 12.7 Å². The van der Waals surface area contributed by atoms with E-state index in [1.807, 2.05) is 34.9 Å². The number of nitrogens with one attached hydrogen (secondary N) is 1. The third kappa shape index (κ3) is 3.99. The first kappa shape index (κ1) is 19.9. The minimum Gasteiger partial charge on any atom is -0.322 e. The first-order chi connectivity index (χ1) is 14.3. The Kier molecular flexibility index (Phi) is 5.17. The number of aromatic nitrogens is 3. The lowest BCUT2D eigenvalue weighted by Gasteiger charge is -2.10. The molecule has 2 aromatic carbocycles. The van der Waals surface area contributed by atoms with Crippen LogP contribution in [0.5, 0.6) is 0 Å². The molecule has 2 aromatic heterocycles. The van der Waals surface area contributed by atoms with Gasteiger partial charge in [-0.15, -0.1) is 0 Å². The van der Waals surface area contributed by atoms with Gasteiger partial charge in [0.25, 0.3) is 5.91 Å². The van der Waals surface area contributed by atoms with E-state index in [4.69, 9.17) is 11.6 Å². The lowest BCUT2D eigenvalue weighted by atomic mass is 10.2. The summed E-state index contributed by atoms with van der Waals surface area (Å²) in [6.45, 7) is 0.539. The summed E-state index contributed by atoms with van der Waals surface area (Å²) < 4.78 is 39.8. The number of carbonyl (C=O) groups excluding carboxylic acids is 1. The topological polar surface area (TPSA) is 59.8 Å². The minimum absolute atomic E-state index is 0.0778. The second-order valence-electron chi connectivity index (χ2n) is 6.55. The van der Waals surface area contributed by atoms with Crippen LogP contribution in [0.1, 0.15) is 21.5 Å². The van der Waals surface area contributed by atoms with Gasteiger partial charge in [-0.05, 0) is 29.8 Å². The van der Waals surface area contributed by atoms with Crippen molar-refractivity contribution in [3.05, 3.63) is 88.8 Å². The number of hydrogen-bond acceptors (Lipinski definition) is 3. The van der Waals surface area contributed by atoms with Crippen molar-refractivity contribution in [2.75, 3.05) is 5.32 Å². The van der Waals surface area contributed by atoms with Crippen LogP contribution in [0, 0.1) is 0 Å². The molecule has 2 heterocycles. The van der Waals surface area contributed by atoms with E-state index in [2.05, 4.69) is 15.3 Å². The van der Waals surface area contributed by atoms with Crippen molar-refractivity contribution < 1.29 is 18.0 Å². The number of anilines is 1. The average Bonchev–Trinajstić information content (AvgIpc) is 3.12. The first-order valence-electron chi connectivity index (χ1n) is 8.85. The summed E-state index contributed by atoms with van der Waals surface area (Å²) in [4.78, 5) is 21.1. The third-order valence-electron chi connectivity index (χ3n) is 4.48. The molecule has 4 rings (SSSR count). The molecule has 0 bridgehead atoms. The maximum absolute atomic E-state index is 12.7. The van der Waals surface area contributed by atoms with Gasteiger partial charge in [0.15, 0.2) is 5.65 Å². The van der Waals surface area contributed by atoms with Gasteiger partial charge in [0.1, 0.15) is 5.52 Å². The van der Waals surface area contributed by atoms with Crippen molar-refractivity contribution in [3.63, 3.8) is 0 Å². The zero-order valence-electron chi connectivity index (χ0n) is 15.3. The minimum atomic E-state index is -4.45. The van der Waals surface area contributed by atoms with Crippen LogP contribution in [0.4, 0.5) is 18.9 Å². The number of fused-ring (bicyclic) bond motifs is 1. The molecule has 5 nitrogen and oxygen atoms in total. The number of carbonyl (C=O) groups is 1. The van der Waals surface area contributed by atoms with Gasteiger partial charge < -0.3 is 9.88 Å². The normalized spacial score (nSPS) is 11.6. The number of hydrogen-bond donors (Lipinski definition) is 1. The van der Waals surface area contributed by atoms with Gasteiger partial charge in [-0.1, -0.05) is 41.9 Å². The number of imidazole rings is 1. The van der Waals surface area contributed by atoms with E-state index in [0.717, 1.165) is 17.7 Å². The fourth-order valence-corrected chi connectivity index (χ4v) is 3.24. The van der Waals surface area contributed by atoms with Crippen LogP contribution in [0.15, 0.2) is 67.1 Å². The number of pyridine rings is 1. The maximum atomic E-state index is 12.7. The fourth-order valence-electron chi connectivity index (χ4n) is 2.97. The molecular weight excluding hydrogens is 417 g/mol. The Bertz CT molecular complexity index is 1200. The van der Waals surface area contributed by atoms with Crippen molar-refractivity contribution in [1.29, 1.82) is 0 Å². The Hall–Kier alpha value is -3.39. The molecule has 0 atom stereocenters. The van der Waals surface area contributed by atoms with Crippen molar-refractivity contribution in [2.24, 2.45) is 0 Å². The van der Waals surface area contributed by atoms with Crippen LogP contribution in [0.2, 0.25) is 5.02 Å². The number of benzene rings is 2. The Labute approximate surface area is 174 Å². The highest BCUT2D eigenvalue weighted by Gasteiger charge is 2.30. The van der Waals surface area contributed by atoms with Gasteiger partial charge >= 0.3 is 6.18 Å². The predicted octanol–water partition coefficient (Wildman–Crippen LogP) is 5.40. The quantitative estimate of drug-likeness (QED) is 0.471. The van der Waals surface area contributed by atoms with Crippen LogP contribution >= 0.6 is 11.6 Å². The summed E-state index contributed by atoms with van der Waals surface area (Å²) in [6, 6.07) is 13.9. The molecule has 9 heteroatoms. The van der Waals surface area contributed by atoms with Gasteiger partial charge in [-0.25, -0.2) is 9.97 Å². The van der Waals surface area contributed by atoms with Gasteiger partial charge in [0.05, 0.1) is 29.0 Å². The molecule has 0 spiro atoms. The Morgan fingerprint density at radius 1 is 1.03 bits per heavy atom. The monoisotopic (exact) mass is 430 g/mol. The summed E-state index contributed by atoms with van der Waals surface area (Å²) >= 11 is 6.38. The number of amides is 1. The number of alkyl halides is 3. The van der Waals surface area contributed by atoms with Crippen molar-refractivity contribution >= 4 is 34.4 Å². The van der Waals surface area contributed by atoms with Gasteiger partial charge in [-0.3, -0.25) is 4.79 Å². The smallest absolute Gasteiger partial charge is 0.322 e. The number of nitrogens with zero attached hydrogens (tertiary/aromatic N) is 3. The lowest BCUT2D eigenvalue weighted by Crippen LogP contribution is -2.13. The van der Waals surface area contributed by atoms with E-state index >= 15 is 0 Å². The van der Waals surface area contributed by atoms with Crippen LogP contribution in [-0.2, 0) is 12.7 Å². The zero-order chi connectivity index (χ0) is 21.3. The second kappa shape index (κ2) is 7.79. The molecule has 30 heavy (non-hydrogen) atoms. The molecule has 1 N–H and O–H groups in total. The number of halogens is 4. The molecule has 0 fully saturated rings. The molecule has 152 valence electrons. The largest absolute Gasteiger partial charge is 0.416 e. The molecule has 1 amide bonds. The van der Waals surface area contributed by atoms with Crippen LogP contribution < -0.4 is 5.32 Å². The Morgan fingerprint density at radius 2 is 1.73 bits per heavy atom. The van der Waals surface area contributed by atoms with E-state index in [9.17, 15) is 18.0 Å². The average molecular weight is 431 g/mol. The molecule has 0 aliphatic heterocycles. The van der Waals surface area contributed by atoms with Crippen LogP contribution in [-0.4, -0.2) is 20.4 Å². The summed E-state index contributed by atoms with van der Waals surface area (Å²) in [5, 5.41) is 2.65. The standard InChI is InChI=1S/C21H14ClF3N4O/c22-17-16(20(30)28-15-8-6-14(7-9-15)21(23,24)25)10-26-19-18(17)27-12-29(19)11-13-4-2-1-3-5-13/h1-10,12H,11H2,(H,28,30). The van der Waals surface area contributed by atoms with E-state index in [0.29, 0.717) is 17.7 Å². The number of rotatable bonds is 4. The SMILES string of the molecule is O=C(Nc1ccc(C(F)(F)F)cc1)c1cnc2c(ncn2Cc2ccccc2)c1Cl. The van der Waals surface area contributed by atoms with E-state index < -0.39 is 17.6 Å². The maximum Gasteiger partial charge on any atom is 0.416 e. The van der Waals surface area contributed by atoms with Crippen molar-refractivity contribution in [3.8, 4) is 0 Å². The highest BCUT2D eigenvalue weighted by atomic mass is 35.5. The van der Waals surface area contributed by atoms with E-state index in [-0.39, 0.29) is 16.3 Å². The van der Waals surface area contributed by atoms with Gasteiger partial charge in [0.2, 0.25) is 0 Å². The highest BCUT2D eigenvalue weighted by Crippen LogP contribution is 2.30. The van der Waals surface area contributed by atoms with E-state index in [1.54, 1.807) is 6.33 Å². The second-order valence-corrected chi connectivity index (χ2v) is 6.92. The molecular formula is C21H14ClF3N4O. The zero-order valence-corrected chi connectivity index (χ0v) is 16.1. The Morgan fingerprint density at radius 3 is 2.40 bits per heavy atom. The summed E-state index contributed by atoms with van der Waals surface area (Å²) in [5.41, 5.74) is 1.43. The third-order valence-corrected chi connectivity index (χ3v) is 4.86. The summed E-state index contributed by atoms with van der Waals surface area (Å²) in [5.74, 6) is -0.591. The first-order valence-corrected chi connectivity index (χ1v) is 9.22. The van der Waals surface area contributed by atoms with Crippen LogP contribution in [0.3, 0.4) is 0 Å². The summed E-state index contributed by atoms with van der Waals surface area (Å²) in [6.07, 6.45) is -1.53. The van der Waals surface area contributed by atoms with Crippen LogP contribution in [0.25, 0.3) is 11.2 Å². The van der Waals surface area contributed by atoms with Crippen molar-refractivity contribution in [1.82, 2.24) is 14.5 Å². The predicted molar refractivity (Wildman–Crippen MR) is 107 cm³/mol. The fraction of sp³-hybridized carbons (Fsp3) is 0.0952. The Balaban J connectivity index is 1.57. The van der Waals surface area contributed by atoms with E-state index in [1.165, 1.54) is 18.3 Å². The van der Waals surface area contributed by atoms with Gasteiger partial charge in [0, 0.05) is 11.9 Å². The molecule has 0 saturated heterocycles. The lowest BCUT2D eigenvalue weighted by molar-refractivity contribution is -0.137. The molecule has 0 radical (unpaired) electrons. The molecule has 0 unspecified atom stereocenters. The van der Waals surface area contributed by atoms with Gasteiger partial charge in [-0.2, -0.15) is 13.2 Å². The molecule has 0 aliphatic carbocycles. The highest BCUT2D eigenvalue weighted by molar-refractivity contribution is 6.38. The molecule has 0 saturated carbocycles. The molecule has 4 aromatic rings.